The van der Waals surface area contributed by atoms with Crippen molar-refractivity contribution in [1.82, 2.24) is 0 Å². The van der Waals surface area contributed by atoms with Crippen molar-refractivity contribution in [3.05, 3.63) is 0 Å². The quantitative estimate of drug-likeness (QED) is 0.621. The third-order valence-corrected chi connectivity index (χ3v) is 5.36. The Kier molecular flexibility index (Phi) is 2.91. The van der Waals surface area contributed by atoms with E-state index >= 15 is 0 Å². The largest absolute Gasteiger partial charge is 0.162 e. The van der Waals surface area contributed by atoms with Gasteiger partial charge in [-0.15, -0.1) is 11.6 Å². The molecule has 12 heavy (non-hydrogen) atoms. The fourth-order valence-corrected chi connectivity index (χ4v) is 4.66. The first-order valence-electron chi connectivity index (χ1n) is 5.01. The summed E-state index contributed by atoms with van der Waals surface area (Å²) in [5, 5.41) is 0. The van der Waals surface area contributed by atoms with Crippen LogP contribution in [0.5, 0.6) is 0 Å². The number of alkyl halides is 1. The van der Waals surface area contributed by atoms with Gasteiger partial charge in [0.2, 0.25) is 0 Å². The second-order valence-electron chi connectivity index (χ2n) is 4.26. The molecule has 1 saturated carbocycles. The Balaban J connectivity index is 2.04. The van der Waals surface area contributed by atoms with Crippen LogP contribution >= 0.6 is 23.4 Å². The maximum atomic E-state index is 6.14. The van der Waals surface area contributed by atoms with Gasteiger partial charge in [-0.2, -0.15) is 11.8 Å². The van der Waals surface area contributed by atoms with Crippen molar-refractivity contribution < 1.29 is 0 Å². The van der Waals surface area contributed by atoms with Crippen LogP contribution in [0.4, 0.5) is 0 Å². The predicted octanol–water partition coefficient (Wildman–Crippen LogP) is 3.54. The van der Waals surface area contributed by atoms with E-state index in [0.29, 0.717) is 5.41 Å². The highest BCUT2D eigenvalue weighted by atomic mass is 35.5. The first-order chi connectivity index (χ1) is 5.87. The summed E-state index contributed by atoms with van der Waals surface area (Å²) in [6, 6.07) is 0. The van der Waals surface area contributed by atoms with E-state index in [4.69, 9.17) is 11.6 Å². The van der Waals surface area contributed by atoms with Gasteiger partial charge in [0.15, 0.2) is 0 Å². The highest BCUT2D eigenvalue weighted by Gasteiger charge is 2.41. The molecule has 2 fully saturated rings. The number of halogens is 1. The normalized spacial score (nSPS) is 34.2. The molecule has 0 spiro atoms. The standard InChI is InChI=1S/C10H17ClS/c11-8-10(4-1-2-5-10)9-3-6-12-7-9/h9H,1-8H2. The molecule has 0 aromatic heterocycles. The first kappa shape index (κ1) is 9.21. The average molecular weight is 205 g/mol. The fourth-order valence-electron chi connectivity index (χ4n) is 2.75. The van der Waals surface area contributed by atoms with Crippen LogP contribution in [0.25, 0.3) is 0 Å². The number of rotatable bonds is 2. The molecule has 1 aliphatic carbocycles. The highest BCUT2D eigenvalue weighted by molar-refractivity contribution is 7.99. The predicted molar refractivity (Wildman–Crippen MR) is 57.1 cm³/mol. The molecule has 0 N–H and O–H groups in total. The summed E-state index contributed by atoms with van der Waals surface area (Å²) in [5.74, 6) is 4.62. The Hall–Kier alpha value is 0.640. The molecule has 2 rings (SSSR count). The lowest BCUT2D eigenvalue weighted by atomic mass is 9.75. The van der Waals surface area contributed by atoms with Gasteiger partial charge in [-0.25, -0.2) is 0 Å². The van der Waals surface area contributed by atoms with Crippen molar-refractivity contribution in [3.63, 3.8) is 0 Å². The minimum atomic E-state index is 0.561. The van der Waals surface area contributed by atoms with Crippen molar-refractivity contribution >= 4 is 23.4 Å². The average Bonchev–Trinajstić information content (AvgIpc) is 2.76. The van der Waals surface area contributed by atoms with Gasteiger partial charge >= 0.3 is 0 Å². The highest BCUT2D eigenvalue weighted by Crippen LogP contribution is 2.49. The Morgan fingerprint density at radius 1 is 1.33 bits per heavy atom. The molecule has 1 aliphatic heterocycles. The first-order valence-corrected chi connectivity index (χ1v) is 6.70. The third kappa shape index (κ3) is 1.50. The summed E-state index contributed by atoms with van der Waals surface area (Å²) in [6.45, 7) is 0. The molecule has 2 heteroatoms. The minimum absolute atomic E-state index is 0.561. The molecule has 70 valence electrons. The lowest BCUT2D eigenvalue weighted by Crippen LogP contribution is -2.29. The van der Waals surface area contributed by atoms with Gasteiger partial charge in [0, 0.05) is 5.88 Å². The van der Waals surface area contributed by atoms with Gasteiger partial charge in [0.25, 0.3) is 0 Å². The molecule has 0 amide bonds. The van der Waals surface area contributed by atoms with Crippen LogP contribution in [0, 0.1) is 11.3 Å². The fraction of sp³-hybridized carbons (Fsp3) is 1.00. The van der Waals surface area contributed by atoms with Crippen LogP contribution in [-0.4, -0.2) is 17.4 Å². The van der Waals surface area contributed by atoms with Crippen molar-refractivity contribution in [2.75, 3.05) is 17.4 Å². The van der Waals surface area contributed by atoms with Gasteiger partial charge in [0.05, 0.1) is 0 Å². The molecule has 1 heterocycles. The van der Waals surface area contributed by atoms with Crippen LogP contribution in [0.1, 0.15) is 32.1 Å². The van der Waals surface area contributed by atoms with Crippen molar-refractivity contribution in [2.24, 2.45) is 11.3 Å². The molecular formula is C10H17ClS. The molecule has 0 bridgehead atoms. The van der Waals surface area contributed by atoms with E-state index in [0.717, 1.165) is 11.8 Å². The van der Waals surface area contributed by atoms with Crippen molar-refractivity contribution in [3.8, 4) is 0 Å². The summed E-state index contributed by atoms with van der Waals surface area (Å²) in [6.07, 6.45) is 7.09. The molecule has 1 saturated heterocycles. The summed E-state index contributed by atoms with van der Waals surface area (Å²) in [5.41, 5.74) is 0.561. The van der Waals surface area contributed by atoms with Crippen molar-refractivity contribution in [1.29, 1.82) is 0 Å². The zero-order valence-electron chi connectivity index (χ0n) is 7.52. The Morgan fingerprint density at radius 3 is 2.58 bits per heavy atom. The van der Waals surface area contributed by atoms with Gasteiger partial charge in [-0.3, -0.25) is 0 Å². The number of hydrogen-bond acceptors (Lipinski definition) is 1. The molecule has 1 unspecified atom stereocenters. The topological polar surface area (TPSA) is 0 Å². The SMILES string of the molecule is ClCC1(C2CCSC2)CCCC1. The van der Waals surface area contributed by atoms with Gasteiger partial charge in [-0.1, -0.05) is 12.8 Å². The second kappa shape index (κ2) is 3.79. The van der Waals surface area contributed by atoms with Crippen LogP contribution in [0.3, 0.4) is 0 Å². The summed E-state index contributed by atoms with van der Waals surface area (Å²) in [7, 11) is 0. The maximum Gasteiger partial charge on any atom is 0.0282 e. The van der Waals surface area contributed by atoms with E-state index in [2.05, 4.69) is 11.8 Å². The molecule has 2 aliphatic rings. The van der Waals surface area contributed by atoms with E-state index in [1.807, 2.05) is 0 Å². The molecule has 0 nitrogen and oxygen atoms in total. The van der Waals surface area contributed by atoms with Gasteiger partial charge in [0.1, 0.15) is 0 Å². The van der Waals surface area contributed by atoms with Gasteiger partial charge < -0.3 is 0 Å². The third-order valence-electron chi connectivity index (χ3n) is 3.66. The van der Waals surface area contributed by atoms with Crippen LogP contribution in [0.2, 0.25) is 0 Å². The van der Waals surface area contributed by atoms with Crippen LogP contribution in [-0.2, 0) is 0 Å². The molecule has 0 aromatic carbocycles. The summed E-state index contributed by atoms with van der Waals surface area (Å²) >= 11 is 8.26. The van der Waals surface area contributed by atoms with Gasteiger partial charge in [-0.05, 0) is 42.1 Å². The lowest BCUT2D eigenvalue weighted by molar-refractivity contribution is 0.221. The zero-order chi connectivity index (χ0) is 8.44. The van der Waals surface area contributed by atoms with E-state index in [1.54, 1.807) is 0 Å². The molecule has 0 aromatic rings. The van der Waals surface area contributed by atoms with E-state index < -0.39 is 0 Å². The molecule has 1 atom stereocenters. The second-order valence-corrected chi connectivity index (χ2v) is 5.68. The zero-order valence-corrected chi connectivity index (χ0v) is 9.09. The van der Waals surface area contributed by atoms with E-state index in [-0.39, 0.29) is 0 Å². The Labute approximate surface area is 84.4 Å². The van der Waals surface area contributed by atoms with E-state index in [9.17, 15) is 0 Å². The van der Waals surface area contributed by atoms with E-state index in [1.165, 1.54) is 43.6 Å². The maximum absolute atomic E-state index is 6.14. The molecule has 0 radical (unpaired) electrons. The summed E-state index contributed by atoms with van der Waals surface area (Å²) in [4.78, 5) is 0. The summed E-state index contributed by atoms with van der Waals surface area (Å²) < 4.78 is 0. The monoisotopic (exact) mass is 204 g/mol. The lowest BCUT2D eigenvalue weighted by Gasteiger charge is -2.32. The van der Waals surface area contributed by atoms with Crippen molar-refractivity contribution in [2.45, 2.75) is 32.1 Å². The number of hydrogen-bond donors (Lipinski definition) is 0. The minimum Gasteiger partial charge on any atom is -0.162 e. The smallest absolute Gasteiger partial charge is 0.0282 e. The Morgan fingerprint density at radius 2 is 2.08 bits per heavy atom. The van der Waals surface area contributed by atoms with Crippen LogP contribution in [0.15, 0.2) is 0 Å². The Bertz CT molecular complexity index is 146. The molecular weight excluding hydrogens is 188 g/mol. The van der Waals surface area contributed by atoms with Crippen LogP contribution < -0.4 is 0 Å². The number of thioether (sulfide) groups is 1.